The summed E-state index contributed by atoms with van der Waals surface area (Å²) in [6.45, 7) is 6.43. The molecule has 1 amide bonds. The molecule has 0 radical (unpaired) electrons. The number of hydrogen-bond donors (Lipinski definition) is 1. The SMILES string of the molecule is CC(C)Oc1ccc(CCCNC(=O)[C@@H](C)Oc2cccc3ccccc23)cc1. The van der Waals surface area contributed by atoms with Crippen LogP contribution < -0.4 is 14.8 Å². The minimum Gasteiger partial charge on any atom is -0.491 e. The van der Waals surface area contributed by atoms with Crippen molar-refractivity contribution in [2.45, 2.75) is 45.8 Å². The zero-order valence-corrected chi connectivity index (χ0v) is 17.4. The quantitative estimate of drug-likeness (QED) is 0.514. The first-order chi connectivity index (χ1) is 14.0. The van der Waals surface area contributed by atoms with Crippen molar-refractivity contribution in [1.82, 2.24) is 5.32 Å². The topological polar surface area (TPSA) is 47.6 Å². The molecule has 1 atom stereocenters. The van der Waals surface area contributed by atoms with E-state index in [1.807, 2.05) is 68.4 Å². The van der Waals surface area contributed by atoms with Crippen molar-refractivity contribution in [3.05, 3.63) is 72.3 Å². The number of nitrogens with one attached hydrogen (secondary N) is 1. The number of amides is 1. The Balaban J connectivity index is 1.44. The van der Waals surface area contributed by atoms with E-state index >= 15 is 0 Å². The molecular weight excluding hydrogens is 362 g/mol. The maximum atomic E-state index is 12.4. The molecule has 0 fully saturated rings. The molecule has 4 heteroatoms. The zero-order valence-electron chi connectivity index (χ0n) is 17.4. The van der Waals surface area contributed by atoms with E-state index in [9.17, 15) is 4.79 Å². The third-order valence-corrected chi connectivity index (χ3v) is 4.66. The Hall–Kier alpha value is -3.01. The number of aryl methyl sites for hydroxylation is 1. The lowest BCUT2D eigenvalue weighted by molar-refractivity contribution is -0.127. The van der Waals surface area contributed by atoms with Crippen molar-refractivity contribution in [1.29, 1.82) is 0 Å². The summed E-state index contributed by atoms with van der Waals surface area (Å²) in [5.74, 6) is 1.52. The molecule has 0 heterocycles. The summed E-state index contributed by atoms with van der Waals surface area (Å²) in [7, 11) is 0. The molecule has 0 saturated carbocycles. The Morgan fingerprint density at radius 3 is 2.38 bits per heavy atom. The zero-order chi connectivity index (χ0) is 20.6. The minimum absolute atomic E-state index is 0.0985. The molecular formula is C25H29NO3. The predicted octanol–water partition coefficient (Wildman–Crippen LogP) is 5.14. The second kappa shape index (κ2) is 9.97. The van der Waals surface area contributed by atoms with E-state index < -0.39 is 6.10 Å². The lowest BCUT2D eigenvalue weighted by Crippen LogP contribution is -2.37. The van der Waals surface area contributed by atoms with Crippen molar-refractivity contribution >= 4 is 16.7 Å². The van der Waals surface area contributed by atoms with Crippen molar-refractivity contribution in [2.75, 3.05) is 6.54 Å². The van der Waals surface area contributed by atoms with E-state index in [0.29, 0.717) is 6.54 Å². The van der Waals surface area contributed by atoms with E-state index in [2.05, 4.69) is 17.4 Å². The Labute approximate surface area is 172 Å². The van der Waals surface area contributed by atoms with Gasteiger partial charge < -0.3 is 14.8 Å². The van der Waals surface area contributed by atoms with Gasteiger partial charge in [0.15, 0.2) is 6.10 Å². The third-order valence-electron chi connectivity index (χ3n) is 4.66. The van der Waals surface area contributed by atoms with Crippen LogP contribution in [0.2, 0.25) is 0 Å². The molecule has 0 unspecified atom stereocenters. The van der Waals surface area contributed by atoms with E-state index in [4.69, 9.17) is 9.47 Å². The van der Waals surface area contributed by atoms with Crippen LogP contribution in [-0.4, -0.2) is 24.7 Å². The van der Waals surface area contributed by atoms with Crippen LogP contribution >= 0.6 is 0 Å². The monoisotopic (exact) mass is 391 g/mol. The van der Waals surface area contributed by atoms with Crippen molar-refractivity contribution in [3.8, 4) is 11.5 Å². The lowest BCUT2D eigenvalue weighted by atomic mass is 10.1. The lowest BCUT2D eigenvalue weighted by Gasteiger charge is -2.16. The van der Waals surface area contributed by atoms with Crippen LogP contribution in [0.3, 0.4) is 0 Å². The largest absolute Gasteiger partial charge is 0.491 e. The maximum Gasteiger partial charge on any atom is 0.260 e. The van der Waals surface area contributed by atoms with Gasteiger partial charge in [0, 0.05) is 11.9 Å². The Morgan fingerprint density at radius 1 is 0.897 bits per heavy atom. The second-order valence-corrected chi connectivity index (χ2v) is 7.44. The smallest absolute Gasteiger partial charge is 0.260 e. The number of carbonyl (C=O) groups is 1. The first kappa shape index (κ1) is 20.7. The van der Waals surface area contributed by atoms with E-state index in [1.54, 1.807) is 6.92 Å². The van der Waals surface area contributed by atoms with Crippen LogP contribution in [0.1, 0.15) is 32.8 Å². The summed E-state index contributed by atoms with van der Waals surface area (Å²) in [5.41, 5.74) is 1.23. The molecule has 1 N–H and O–H groups in total. The summed E-state index contributed by atoms with van der Waals surface area (Å²) >= 11 is 0. The van der Waals surface area contributed by atoms with Crippen LogP contribution in [0.4, 0.5) is 0 Å². The van der Waals surface area contributed by atoms with Crippen molar-refractivity contribution in [2.24, 2.45) is 0 Å². The van der Waals surface area contributed by atoms with Gasteiger partial charge in [-0.2, -0.15) is 0 Å². The molecule has 4 nitrogen and oxygen atoms in total. The molecule has 0 aliphatic rings. The first-order valence-electron chi connectivity index (χ1n) is 10.2. The molecule has 0 aliphatic heterocycles. The molecule has 3 aromatic rings. The van der Waals surface area contributed by atoms with Gasteiger partial charge in [0.25, 0.3) is 5.91 Å². The highest BCUT2D eigenvalue weighted by Crippen LogP contribution is 2.26. The number of rotatable bonds is 9. The molecule has 3 rings (SSSR count). The highest BCUT2D eigenvalue weighted by Gasteiger charge is 2.15. The highest BCUT2D eigenvalue weighted by molar-refractivity contribution is 5.89. The van der Waals surface area contributed by atoms with Gasteiger partial charge in [-0.05, 0) is 62.8 Å². The van der Waals surface area contributed by atoms with Gasteiger partial charge in [0.05, 0.1) is 6.10 Å². The van der Waals surface area contributed by atoms with Crippen molar-refractivity contribution in [3.63, 3.8) is 0 Å². The van der Waals surface area contributed by atoms with Crippen LogP contribution in [-0.2, 0) is 11.2 Å². The van der Waals surface area contributed by atoms with Crippen LogP contribution in [0, 0.1) is 0 Å². The number of fused-ring (bicyclic) bond motifs is 1. The van der Waals surface area contributed by atoms with E-state index in [1.165, 1.54) is 5.56 Å². The molecule has 152 valence electrons. The molecule has 0 aromatic heterocycles. The fourth-order valence-electron chi connectivity index (χ4n) is 3.20. The summed E-state index contributed by atoms with van der Waals surface area (Å²) in [5, 5.41) is 5.08. The van der Waals surface area contributed by atoms with Gasteiger partial charge in [-0.15, -0.1) is 0 Å². The van der Waals surface area contributed by atoms with Gasteiger partial charge in [-0.3, -0.25) is 4.79 Å². The standard InChI is InChI=1S/C25H29NO3/c1-18(2)28-22-15-13-20(14-16-22)8-7-17-26-25(27)19(3)29-24-12-6-10-21-9-4-5-11-23(21)24/h4-6,9-16,18-19H,7-8,17H2,1-3H3,(H,26,27)/t19-/m1/s1. The Morgan fingerprint density at radius 2 is 1.62 bits per heavy atom. The normalized spacial score (nSPS) is 12.0. The number of benzene rings is 3. The fourth-order valence-corrected chi connectivity index (χ4v) is 3.20. The Kier molecular flexibility index (Phi) is 7.12. The van der Waals surface area contributed by atoms with Crippen LogP contribution in [0.25, 0.3) is 10.8 Å². The van der Waals surface area contributed by atoms with Gasteiger partial charge in [0.1, 0.15) is 11.5 Å². The molecule has 0 saturated heterocycles. The predicted molar refractivity (Wildman–Crippen MR) is 118 cm³/mol. The van der Waals surface area contributed by atoms with Gasteiger partial charge in [-0.25, -0.2) is 0 Å². The van der Waals surface area contributed by atoms with E-state index in [-0.39, 0.29) is 12.0 Å². The van der Waals surface area contributed by atoms with Gasteiger partial charge >= 0.3 is 0 Å². The average Bonchev–Trinajstić information content (AvgIpc) is 2.72. The average molecular weight is 392 g/mol. The number of ether oxygens (including phenoxy) is 2. The van der Waals surface area contributed by atoms with E-state index in [0.717, 1.165) is 35.1 Å². The molecule has 0 spiro atoms. The highest BCUT2D eigenvalue weighted by atomic mass is 16.5. The fraction of sp³-hybridized carbons (Fsp3) is 0.320. The van der Waals surface area contributed by atoms with Gasteiger partial charge in [0.2, 0.25) is 0 Å². The van der Waals surface area contributed by atoms with Crippen molar-refractivity contribution < 1.29 is 14.3 Å². The summed E-state index contributed by atoms with van der Waals surface area (Å²) in [6.07, 6.45) is 1.40. The summed E-state index contributed by atoms with van der Waals surface area (Å²) in [6, 6.07) is 22.0. The summed E-state index contributed by atoms with van der Waals surface area (Å²) < 4.78 is 11.6. The van der Waals surface area contributed by atoms with Gasteiger partial charge in [-0.1, -0.05) is 48.5 Å². The molecule has 29 heavy (non-hydrogen) atoms. The minimum atomic E-state index is -0.548. The van der Waals surface area contributed by atoms with Crippen LogP contribution in [0.5, 0.6) is 11.5 Å². The maximum absolute atomic E-state index is 12.4. The second-order valence-electron chi connectivity index (χ2n) is 7.44. The van der Waals surface area contributed by atoms with Crippen LogP contribution in [0.15, 0.2) is 66.7 Å². The molecule has 3 aromatic carbocycles. The third kappa shape index (κ3) is 5.98. The molecule has 0 bridgehead atoms. The summed E-state index contributed by atoms with van der Waals surface area (Å²) in [4.78, 5) is 12.4. The number of carbonyl (C=O) groups excluding carboxylic acids is 1. The first-order valence-corrected chi connectivity index (χ1v) is 10.2. The molecule has 0 aliphatic carbocycles. The Bertz CT molecular complexity index is 929. The number of hydrogen-bond acceptors (Lipinski definition) is 3.